The normalized spacial score (nSPS) is 27.4. The number of rotatable bonds is 2. The van der Waals surface area contributed by atoms with Crippen molar-refractivity contribution in [1.82, 2.24) is 5.32 Å². The monoisotopic (exact) mass is 209 g/mol. The molecule has 1 atom stereocenters. The van der Waals surface area contributed by atoms with E-state index in [1.165, 1.54) is 6.92 Å². The average Bonchev–Trinajstić information content (AvgIpc) is 2.30. The first-order chi connectivity index (χ1) is 6.01. The molecule has 0 bridgehead atoms. The molecular weight excluding hydrogens is 191 g/mol. The van der Waals surface area contributed by atoms with Crippen molar-refractivity contribution >= 4 is 0 Å². The van der Waals surface area contributed by atoms with Crippen LogP contribution in [0.5, 0.6) is 0 Å². The topological polar surface area (TPSA) is 12.0 Å². The van der Waals surface area contributed by atoms with Crippen molar-refractivity contribution in [2.75, 3.05) is 0 Å². The lowest BCUT2D eigenvalue weighted by Gasteiger charge is -2.18. The van der Waals surface area contributed by atoms with E-state index < -0.39 is 12.2 Å². The highest BCUT2D eigenvalue weighted by Gasteiger charge is 2.65. The molecule has 1 nitrogen and oxygen atoms in total. The molecule has 1 aliphatic rings. The second-order valence-corrected chi connectivity index (χ2v) is 5.31. The van der Waals surface area contributed by atoms with Gasteiger partial charge in [0.25, 0.3) is 0 Å². The molecule has 1 saturated carbocycles. The average molecular weight is 209 g/mol. The quantitative estimate of drug-likeness (QED) is 0.737. The molecule has 0 spiro atoms. The summed E-state index contributed by atoms with van der Waals surface area (Å²) in [6.45, 7) is 9.15. The molecule has 1 fully saturated rings. The van der Waals surface area contributed by atoms with Gasteiger partial charge in [0.2, 0.25) is 0 Å². The summed E-state index contributed by atoms with van der Waals surface area (Å²) in [5.74, 6) is 0. The van der Waals surface area contributed by atoms with Gasteiger partial charge in [-0.2, -0.15) is 13.2 Å². The number of alkyl halides is 3. The van der Waals surface area contributed by atoms with Crippen molar-refractivity contribution in [2.45, 2.75) is 52.9 Å². The number of hydrogen-bond acceptors (Lipinski definition) is 1. The van der Waals surface area contributed by atoms with Crippen molar-refractivity contribution in [3.05, 3.63) is 0 Å². The summed E-state index contributed by atoms with van der Waals surface area (Å²) in [6.07, 6.45) is -4.14. The minimum absolute atomic E-state index is 0.0491. The van der Waals surface area contributed by atoms with Crippen LogP contribution < -0.4 is 5.32 Å². The van der Waals surface area contributed by atoms with Crippen LogP contribution in [-0.2, 0) is 0 Å². The second-order valence-electron chi connectivity index (χ2n) is 5.31. The van der Waals surface area contributed by atoms with Gasteiger partial charge in [-0.05, 0) is 17.8 Å². The Labute approximate surface area is 83.1 Å². The predicted molar refractivity (Wildman–Crippen MR) is 50.0 cm³/mol. The lowest BCUT2D eigenvalue weighted by Crippen LogP contribution is -2.42. The molecule has 1 aliphatic carbocycles. The Morgan fingerprint density at radius 2 is 1.43 bits per heavy atom. The molecule has 0 radical (unpaired) electrons. The highest BCUT2D eigenvalue weighted by molar-refractivity contribution is 5.18. The van der Waals surface area contributed by atoms with Crippen LogP contribution in [0.3, 0.4) is 0 Å². The zero-order valence-electron chi connectivity index (χ0n) is 9.29. The van der Waals surface area contributed by atoms with E-state index in [0.717, 1.165) is 0 Å². The van der Waals surface area contributed by atoms with E-state index in [4.69, 9.17) is 0 Å². The molecule has 1 rings (SSSR count). The Balaban J connectivity index is 2.58. The van der Waals surface area contributed by atoms with Gasteiger partial charge in [0.05, 0.1) is 0 Å². The van der Waals surface area contributed by atoms with Crippen LogP contribution in [0.2, 0.25) is 0 Å². The van der Waals surface area contributed by atoms with E-state index in [2.05, 4.69) is 5.32 Å². The van der Waals surface area contributed by atoms with Gasteiger partial charge in [-0.3, -0.25) is 0 Å². The third-order valence-electron chi connectivity index (χ3n) is 3.93. The second kappa shape index (κ2) is 2.87. The van der Waals surface area contributed by atoms with Crippen LogP contribution in [0.25, 0.3) is 0 Å². The maximum absolute atomic E-state index is 12.3. The van der Waals surface area contributed by atoms with Gasteiger partial charge in [-0.25, -0.2) is 0 Å². The summed E-state index contributed by atoms with van der Waals surface area (Å²) in [6, 6.07) is -1.47. The molecule has 0 saturated heterocycles. The van der Waals surface area contributed by atoms with Crippen molar-refractivity contribution in [2.24, 2.45) is 10.8 Å². The largest absolute Gasteiger partial charge is 0.403 e. The van der Waals surface area contributed by atoms with Crippen LogP contribution in [0.1, 0.15) is 34.6 Å². The lowest BCUT2D eigenvalue weighted by molar-refractivity contribution is -0.152. The van der Waals surface area contributed by atoms with Gasteiger partial charge in [-0.15, -0.1) is 0 Å². The molecule has 0 aromatic carbocycles. The minimum atomic E-state index is -4.14. The Morgan fingerprint density at radius 1 is 1.07 bits per heavy atom. The summed E-state index contributed by atoms with van der Waals surface area (Å²) >= 11 is 0. The summed E-state index contributed by atoms with van der Waals surface area (Å²) in [7, 11) is 0. The van der Waals surface area contributed by atoms with E-state index in [-0.39, 0.29) is 16.9 Å². The van der Waals surface area contributed by atoms with Gasteiger partial charge in [0, 0.05) is 6.04 Å². The molecule has 0 amide bonds. The number of nitrogens with one attached hydrogen (secondary N) is 1. The van der Waals surface area contributed by atoms with Gasteiger partial charge in [0.15, 0.2) is 0 Å². The Kier molecular flexibility index (Phi) is 2.43. The first-order valence-corrected chi connectivity index (χ1v) is 4.84. The van der Waals surface area contributed by atoms with Gasteiger partial charge >= 0.3 is 6.18 Å². The number of halogens is 3. The Hall–Kier alpha value is -0.250. The summed E-state index contributed by atoms with van der Waals surface area (Å²) in [5, 5.41) is 2.65. The molecular formula is C10H18F3N. The third kappa shape index (κ3) is 1.64. The molecule has 14 heavy (non-hydrogen) atoms. The fourth-order valence-electron chi connectivity index (χ4n) is 1.96. The molecule has 0 aromatic heterocycles. The van der Waals surface area contributed by atoms with Crippen LogP contribution in [0.15, 0.2) is 0 Å². The van der Waals surface area contributed by atoms with E-state index in [1.807, 2.05) is 27.7 Å². The number of hydrogen-bond donors (Lipinski definition) is 1. The van der Waals surface area contributed by atoms with E-state index in [9.17, 15) is 13.2 Å². The zero-order valence-corrected chi connectivity index (χ0v) is 9.29. The molecule has 0 aliphatic heterocycles. The standard InChI is InChI=1S/C10H18F3N/c1-6(10(11,12)13)14-7-8(2,3)9(7,4)5/h6-7,14H,1-5H3. The van der Waals surface area contributed by atoms with Crippen LogP contribution >= 0.6 is 0 Å². The van der Waals surface area contributed by atoms with Crippen LogP contribution in [-0.4, -0.2) is 18.3 Å². The van der Waals surface area contributed by atoms with Crippen LogP contribution in [0, 0.1) is 10.8 Å². The van der Waals surface area contributed by atoms with Crippen molar-refractivity contribution < 1.29 is 13.2 Å². The van der Waals surface area contributed by atoms with Crippen molar-refractivity contribution in [3.8, 4) is 0 Å². The van der Waals surface area contributed by atoms with Crippen molar-refractivity contribution in [3.63, 3.8) is 0 Å². The molecule has 0 aromatic rings. The Morgan fingerprint density at radius 3 is 1.64 bits per heavy atom. The maximum atomic E-state index is 12.3. The molecule has 84 valence electrons. The van der Waals surface area contributed by atoms with Crippen molar-refractivity contribution in [1.29, 1.82) is 0 Å². The van der Waals surface area contributed by atoms with E-state index in [1.54, 1.807) is 0 Å². The maximum Gasteiger partial charge on any atom is 0.403 e. The highest BCUT2D eigenvalue weighted by atomic mass is 19.4. The molecule has 0 heterocycles. The summed E-state index contributed by atoms with van der Waals surface area (Å²) in [5.41, 5.74) is -0.0982. The summed E-state index contributed by atoms with van der Waals surface area (Å²) in [4.78, 5) is 0. The molecule has 1 unspecified atom stereocenters. The lowest BCUT2D eigenvalue weighted by atomic mass is 10.0. The van der Waals surface area contributed by atoms with Gasteiger partial charge in [0.1, 0.15) is 6.04 Å². The van der Waals surface area contributed by atoms with Gasteiger partial charge in [-0.1, -0.05) is 27.7 Å². The van der Waals surface area contributed by atoms with E-state index >= 15 is 0 Å². The smallest absolute Gasteiger partial charge is 0.302 e. The third-order valence-corrected chi connectivity index (χ3v) is 3.93. The SMILES string of the molecule is CC(NC1C(C)(C)C1(C)C)C(F)(F)F. The first kappa shape index (κ1) is 11.8. The predicted octanol–water partition coefficient (Wildman–Crippen LogP) is 2.96. The molecule has 1 N–H and O–H groups in total. The fraction of sp³-hybridized carbons (Fsp3) is 1.00. The zero-order chi connectivity index (χ0) is 11.4. The van der Waals surface area contributed by atoms with Gasteiger partial charge < -0.3 is 5.32 Å². The minimum Gasteiger partial charge on any atom is -0.302 e. The molecule has 4 heteroatoms. The Bertz CT molecular complexity index is 216. The highest BCUT2D eigenvalue weighted by Crippen LogP contribution is 2.62. The summed E-state index contributed by atoms with van der Waals surface area (Å²) < 4.78 is 36.8. The fourth-order valence-corrected chi connectivity index (χ4v) is 1.96. The van der Waals surface area contributed by atoms with Crippen LogP contribution in [0.4, 0.5) is 13.2 Å². The first-order valence-electron chi connectivity index (χ1n) is 4.84. The van der Waals surface area contributed by atoms with E-state index in [0.29, 0.717) is 0 Å².